The number of hydrogen-bond donors (Lipinski definition) is 2. The SMILES string of the molecule is CC(C)(C)C(=O)Nc1cccc(NS(=O)(=O)c2ccc(F)cc2)c1. The van der Waals surface area contributed by atoms with E-state index in [1.807, 2.05) is 0 Å². The fourth-order valence-electron chi connectivity index (χ4n) is 1.81. The Bertz CT molecular complexity index is 841. The van der Waals surface area contributed by atoms with Gasteiger partial charge in [0.25, 0.3) is 10.0 Å². The standard InChI is InChI=1S/C17H19FN2O3S/c1-17(2,3)16(21)19-13-5-4-6-14(11-13)20-24(22,23)15-9-7-12(18)8-10-15/h4-11,20H,1-3H3,(H,19,21). The number of carbonyl (C=O) groups excluding carboxylic acids is 1. The van der Waals surface area contributed by atoms with Gasteiger partial charge in [-0.3, -0.25) is 9.52 Å². The minimum atomic E-state index is -3.83. The van der Waals surface area contributed by atoms with Crippen molar-refractivity contribution in [3.63, 3.8) is 0 Å². The first-order valence-electron chi connectivity index (χ1n) is 7.28. The molecule has 0 saturated heterocycles. The summed E-state index contributed by atoms with van der Waals surface area (Å²) in [5.74, 6) is -0.693. The van der Waals surface area contributed by atoms with Crippen molar-refractivity contribution in [2.75, 3.05) is 10.0 Å². The first-order chi connectivity index (χ1) is 11.1. The summed E-state index contributed by atoms with van der Waals surface area (Å²) < 4.78 is 39.9. The van der Waals surface area contributed by atoms with Crippen LogP contribution < -0.4 is 10.0 Å². The smallest absolute Gasteiger partial charge is 0.261 e. The molecular formula is C17H19FN2O3S. The summed E-state index contributed by atoms with van der Waals surface area (Å²) in [6, 6.07) is 10.9. The zero-order chi connectivity index (χ0) is 18.0. The summed E-state index contributed by atoms with van der Waals surface area (Å²) in [6.45, 7) is 5.34. The number of benzene rings is 2. The number of rotatable bonds is 4. The number of hydrogen-bond acceptors (Lipinski definition) is 3. The highest BCUT2D eigenvalue weighted by Crippen LogP contribution is 2.22. The van der Waals surface area contributed by atoms with Crippen molar-refractivity contribution in [3.05, 3.63) is 54.3 Å². The molecule has 0 spiro atoms. The number of amides is 1. The molecule has 0 bridgehead atoms. The number of nitrogens with one attached hydrogen (secondary N) is 2. The maximum absolute atomic E-state index is 12.9. The first-order valence-corrected chi connectivity index (χ1v) is 8.76. The third-order valence-corrected chi connectivity index (χ3v) is 4.57. The Balaban J connectivity index is 2.20. The molecule has 7 heteroatoms. The van der Waals surface area contributed by atoms with Crippen molar-refractivity contribution in [1.82, 2.24) is 0 Å². The molecule has 5 nitrogen and oxygen atoms in total. The highest BCUT2D eigenvalue weighted by atomic mass is 32.2. The first kappa shape index (κ1) is 17.9. The van der Waals surface area contributed by atoms with Gasteiger partial charge in [0.2, 0.25) is 5.91 Å². The third-order valence-electron chi connectivity index (χ3n) is 3.18. The molecule has 1 amide bonds. The normalized spacial score (nSPS) is 11.8. The van der Waals surface area contributed by atoms with Crippen LogP contribution in [0.4, 0.5) is 15.8 Å². The fraction of sp³-hybridized carbons (Fsp3) is 0.235. The van der Waals surface area contributed by atoms with Crippen molar-refractivity contribution in [3.8, 4) is 0 Å². The number of anilines is 2. The van der Waals surface area contributed by atoms with Gasteiger partial charge in [0.05, 0.1) is 10.6 Å². The van der Waals surface area contributed by atoms with E-state index in [9.17, 15) is 17.6 Å². The molecule has 0 heterocycles. The largest absolute Gasteiger partial charge is 0.326 e. The van der Waals surface area contributed by atoms with E-state index < -0.39 is 21.3 Å². The molecule has 2 aromatic carbocycles. The van der Waals surface area contributed by atoms with Crippen molar-refractivity contribution in [1.29, 1.82) is 0 Å². The van der Waals surface area contributed by atoms with Crippen molar-refractivity contribution in [2.45, 2.75) is 25.7 Å². The Kier molecular flexibility index (Phi) is 4.94. The molecule has 0 unspecified atom stereocenters. The van der Waals surface area contributed by atoms with Gasteiger partial charge in [-0.1, -0.05) is 26.8 Å². The quantitative estimate of drug-likeness (QED) is 0.884. The molecule has 0 saturated carbocycles. The minimum Gasteiger partial charge on any atom is -0.326 e. The third kappa shape index (κ3) is 4.55. The van der Waals surface area contributed by atoms with Crippen LogP contribution in [0.25, 0.3) is 0 Å². The number of halogens is 1. The Labute approximate surface area is 141 Å². The van der Waals surface area contributed by atoms with Gasteiger partial charge in [-0.15, -0.1) is 0 Å². The molecule has 2 rings (SSSR count). The van der Waals surface area contributed by atoms with Crippen LogP contribution in [0.2, 0.25) is 0 Å². The number of carbonyl (C=O) groups is 1. The van der Waals surface area contributed by atoms with E-state index in [-0.39, 0.29) is 10.8 Å². The second-order valence-corrected chi connectivity index (χ2v) is 8.03. The maximum atomic E-state index is 12.9. The summed E-state index contributed by atoms with van der Waals surface area (Å²) in [5, 5.41) is 2.73. The molecule has 128 valence electrons. The van der Waals surface area contributed by atoms with Gasteiger partial charge in [-0.05, 0) is 42.5 Å². The van der Waals surface area contributed by atoms with E-state index in [2.05, 4.69) is 10.0 Å². The fourth-order valence-corrected chi connectivity index (χ4v) is 2.86. The Morgan fingerprint density at radius 1 is 1.00 bits per heavy atom. The molecule has 2 aromatic rings. The minimum absolute atomic E-state index is 0.0481. The van der Waals surface area contributed by atoms with Crippen molar-refractivity contribution >= 4 is 27.3 Å². The van der Waals surface area contributed by atoms with E-state index in [0.29, 0.717) is 11.4 Å². The van der Waals surface area contributed by atoms with Crippen molar-refractivity contribution in [2.24, 2.45) is 5.41 Å². The summed E-state index contributed by atoms with van der Waals surface area (Å²) in [6.07, 6.45) is 0. The molecule has 0 aliphatic heterocycles. The van der Waals surface area contributed by atoms with Gasteiger partial charge in [-0.25, -0.2) is 12.8 Å². The lowest BCUT2D eigenvalue weighted by atomic mass is 9.95. The van der Waals surface area contributed by atoms with Crippen LogP contribution in [0.3, 0.4) is 0 Å². The van der Waals surface area contributed by atoms with Crippen LogP contribution in [-0.2, 0) is 14.8 Å². The van der Waals surface area contributed by atoms with Gasteiger partial charge < -0.3 is 5.32 Å². The van der Waals surface area contributed by atoms with E-state index in [1.54, 1.807) is 39.0 Å². The van der Waals surface area contributed by atoms with E-state index in [1.165, 1.54) is 18.2 Å². The molecule has 0 fully saturated rings. The molecule has 0 aliphatic rings. The highest BCUT2D eigenvalue weighted by Gasteiger charge is 2.21. The second kappa shape index (κ2) is 6.60. The van der Waals surface area contributed by atoms with Crippen LogP contribution in [0.5, 0.6) is 0 Å². The predicted octanol–water partition coefficient (Wildman–Crippen LogP) is 3.61. The Morgan fingerprint density at radius 2 is 1.58 bits per heavy atom. The van der Waals surface area contributed by atoms with Gasteiger partial charge >= 0.3 is 0 Å². The predicted molar refractivity (Wildman–Crippen MR) is 91.7 cm³/mol. The van der Waals surface area contributed by atoms with Gasteiger partial charge in [0.15, 0.2) is 0 Å². The van der Waals surface area contributed by atoms with Crippen molar-refractivity contribution < 1.29 is 17.6 Å². The molecule has 0 atom stereocenters. The summed E-state index contributed by atoms with van der Waals surface area (Å²) in [7, 11) is -3.83. The van der Waals surface area contributed by atoms with E-state index in [0.717, 1.165) is 12.1 Å². The van der Waals surface area contributed by atoms with Crippen LogP contribution >= 0.6 is 0 Å². The molecule has 0 aliphatic carbocycles. The lowest BCUT2D eigenvalue weighted by Gasteiger charge is -2.18. The lowest BCUT2D eigenvalue weighted by molar-refractivity contribution is -0.123. The van der Waals surface area contributed by atoms with Gasteiger partial charge in [-0.2, -0.15) is 0 Å². The molecule has 0 radical (unpaired) electrons. The van der Waals surface area contributed by atoms with E-state index in [4.69, 9.17) is 0 Å². The van der Waals surface area contributed by atoms with Crippen LogP contribution in [-0.4, -0.2) is 14.3 Å². The topological polar surface area (TPSA) is 75.3 Å². The van der Waals surface area contributed by atoms with Crippen LogP contribution in [0.1, 0.15) is 20.8 Å². The molecular weight excluding hydrogens is 331 g/mol. The van der Waals surface area contributed by atoms with Gasteiger partial charge in [0, 0.05) is 11.1 Å². The average Bonchev–Trinajstić information content (AvgIpc) is 2.46. The summed E-state index contributed by atoms with van der Waals surface area (Å²) in [4.78, 5) is 12.0. The van der Waals surface area contributed by atoms with Gasteiger partial charge in [0.1, 0.15) is 5.82 Å². The zero-order valence-electron chi connectivity index (χ0n) is 13.6. The van der Waals surface area contributed by atoms with Crippen LogP contribution in [0, 0.1) is 11.2 Å². The number of sulfonamides is 1. The molecule has 2 N–H and O–H groups in total. The lowest BCUT2D eigenvalue weighted by Crippen LogP contribution is -2.27. The van der Waals surface area contributed by atoms with Crippen LogP contribution in [0.15, 0.2) is 53.4 Å². The summed E-state index contributed by atoms with van der Waals surface area (Å²) >= 11 is 0. The highest BCUT2D eigenvalue weighted by molar-refractivity contribution is 7.92. The molecule has 24 heavy (non-hydrogen) atoms. The Morgan fingerprint density at radius 3 is 2.17 bits per heavy atom. The molecule has 0 aromatic heterocycles. The zero-order valence-corrected chi connectivity index (χ0v) is 14.4. The second-order valence-electron chi connectivity index (χ2n) is 6.34. The Hall–Kier alpha value is -2.41. The summed E-state index contributed by atoms with van der Waals surface area (Å²) in [5.41, 5.74) is 0.212. The monoisotopic (exact) mass is 350 g/mol. The van der Waals surface area contributed by atoms with E-state index >= 15 is 0 Å². The maximum Gasteiger partial charge on any atom is 0.261 e. The average molecular weight is 350 g/mol.